The van der Waals surface area contributed by atoms with Crippen LogP contribution in [0.15, 0.2) is 29.5 Å². The largest absolute Gasteiger partial charge is 0.421 e. The predicted octanol–water partition coefficient (Wildman–Crippen LogP) is 0.126. The first-order chi connectivity index (χ1) is 11.8. The zero-order valence-electron chi connectivity index (χ0n) is 12.7. The molecule has 0 bridgehead atoms. The van der Waals surface area contributed by atoms with Crippen LogP contribution in [0.5, 0.6) is 0 Å². The molecule has 0 atom stereocenters. The maximum atomic E-state index is 12.7. The second-order valence-corrected chi connectivity index (χ2v) is 5.51. The SMILES string of the molecule is O=C(Cc1cc(C(F)(F)F)c(=O)[nH]n1)NC1CN(c2ccncn2)C1. The average Bonchev–Trinajstić information content (AvgIpc) is 2.52. The third kappa shape index (κ3) is 3.92. The lowest BCUT2D eigenvalue weighted by Gasteiger charge is -2.40. The molecule has 3 heterocycles. The summed E-state index contributed by atoms with van der Waals surface area (Å²) < 4.78 is 38.0. The maximum Gasteiger partial charge on any atom is 0.421 e. The third-order valence-electron chi connectivity index (χ3n) is 3.64. The number of nitrogens with zero attached hydrogens (tertiary/aromatic N) is 4. The van der Waals surface area contributed by atoms with Gasteiger partial charge in [-0.05, 0) is 12.1 Å². The minimum Gasteiger partial charge on any atom is -0.352 e. The molecule has 0 aliphatic carbocycles. The van der Waals surface area contributed by atoms with Gasteiger partial charge in [0.1, 0.15) is 17.7 Å². The number of carbonyl (C=O) groups excluding carboxylic acids is 1. The van der Waals surface area contributed by atoms with Gasteiger partial charge in [-0.2, -0.15) is 18.3 Å². The van der Waals surface area contributed by atoms with Crippen LogP contribution in [0.1, 0.15) is 11.3 Å². The van der Waals surface area contributed by atoms with Gasteiger partial charge in [-0.1, -0.05) is 0 Å². The molecule has 1 fully saturated rings. The van der Waals surface area contributed by atoms with Crippen molar-refractivity contribution >= 4 is 11.7 Å². The standard InChI is InChI=1S/C14H13F3N6O2/c15-14(16,17)10-3-8(21-22-13(10)25)4-12(24)20-9-5-23(6-9)11-1-2-18-7-19-11/h1-3,7,9H,4-6H2,(H,20,24)(H,22,25). The maximum absolute atomic E-state index is 12.7. The number of rotatable bonds is 4. The Labute approximate surface area is 139 Å². The van der Waals surface area contributed by atoms with Crippen LogP contribution in [0.4, 0.5) is 19.0 Å². The number of carbonyl (C=O) groups is 1. The van der Waals surface area contributed by atoms with E-state index in [0.717, 1.165) is 5.82 Å². The van der Waals surface area contributed by atoms with Crippen molar-refractivity contribution in [1.82, 2.24) is 25.5 Å². The zero-order valence-corrected chi connectivity index (χ0v) is 12.7. The van der Waals surface area contributed by atoms with Gasteiger partial charge in [0.05, 0.1) is 18.2 Å². The van der Waals surface area contributed by atoms with Gasteiger partial charge in [-0.3, -0.25) is 9.59 Å². The molecular weight excluding hydrogens is 341 g/mol. The van der Waals surface area contributed by atoms with Crippen LogP contribution in [0, 0.1) is 0 Å². The van der Waals surface area contributed by atoms with Gasteiger partial charge in [-0.25, -0.2) is 15.1 Å². The summed E-state index contributed by atoms with van der Waals surface area (Å²) in [5, 5.41) is 7.94. The summed E-state index contributed by atoms with van der Waals surface area (Å²) >= 11 is 0. The van der Waals surface area contributed by atoms with E-state index in [-0.39, 0.29) is 18.2 Å². The molecular formula is C14H13F3N6O2. The van der Waals surface area contributed by atoms with E-state index in [2.05, 4.69) is 20.4 Å². The number of amides is 1. The molecule has 8 nitrogen and oxygen atoms in total. The highest BCUT2D eigenvalue weighted by Gasteiger charge is 2.35. The van der Waals surface area contributed by atoms with Crippen molar-refractivity contribution in [2.75, 3.05) is 18.0 Å². The van der Waals surface area contributed by atoms with Gasteiger partial charge in [-0.15, -0.1) is 0 Å². The molecule has 0 radical (unpaired) electrons. The number of aromatic nitrogens is 4. The molecule has 2 N–H and O–H groups in total. The monoisotopic (exact) mass is 354 g/mol. The molecule has 0 unspecified atom stereocenters. The summed E-state index contributed by atoms with van der Waals surface area (Å²) in [6.07, 6.45) is -2.13. The van der Waals surface area contributed by atoms with Crippen molar-refractivity contribution < 1.29 is 18.0 Å². The first kappa shape index (κ1) is 16.9. The summed E-state index contributed by atoms with van der Waals surface area (Å²) in [6, 6.07) is 2.19. The van der Waals surface area contributed by atoms with Gasteiger partial charge in [0, 0.05) is 19.3 Å². The molecule has 0 saturated carbocycles. The summed E-state index contributed by atoms with van der Waals surface area (Å²) in [7, 11) is 0. The Morgan fingerprint density at radius 3 is 2.80 bits per heavy atom. The quantitative estimate of drug-likeness (QED) is 0.809. The molecule has 25 heavy (non-hydrogen) atoms. The molecule has 1 saturated heterocycles. The summed E-state index contributed by atoms with van der Waals surface area (Å²) in [4.78, 5) is 32.9. The van der Waals surface area contributed by atoms with Crippen molar-refractivity contribution in [3.8, 4) is 0 Å². The van der Waals surface area contributed by atoms with Crippen molar-refractivity contribution in [3.05, 3.63) is 46.3 Å². The molecule has 132 valence electrons. The molecule has 1 aliphatic heterocycles. The van der Waals surface area contributed by atoms with Crippen LogP contribution in [0.25, 0.3) is 0 Å². The Morgan fingerprint density at radius 2 is 2.16 bits per heavy atom. The van der Waals surface area contributed by atoms with E-state index in [1.165, 1.54) is 6.33 Å². The van der Waals surface area contributed by atoms with Gasteiger partial charge in [0.2, 0.25) is 5.91 Å². The lowest BCUT2D eigenvalue weighted by molar-refractivity contribution is -0.139. The van der Waals surface area contributed by atoms with E-state index in [1.807, 2.05) is 4.90 Å². The Bertz CT molecular complexity index is 817. The summed E-state index contributed by atoms with van der Waals surface area (Å²) in [5.41, 5.74) is -2.86. The Hall–Kier alpha value is -2.98. The first-order valence-corrected chi connectivity index (χ1v) is 7.29. The molecule has 2 aromatic rings. The smallest absolute Gasteiger partial charge is 0.352 e. The minimum absolute atomic E-state index is 0.132. The fraction of sp³-hybridized carbons (Fsp3) is 0.357. The van der Waals surface area contributed by atoms with E-state index in [9.17, 15) is 22.8 Å². The van der Waals surface area contributed by atoms with E-state index in [1.54, 1.807) is 17.4 Å². The number of anilines is 1. The predicted molar refractivity (Wildman–Crippen MR) is 79.7 cm³/mol. The molecule has 2 aromatic heterocycles. The number of aromatic amines is 1. The van der Waals surface area contributed by atoms with E-state index >= 15 is 0 Å². The number of nitrogens with one attached hydrogen (secondary N) is 2. The average molecular weight is 354 g/mol. The van der Waals surface area contributed by atoms with Crippen molar-refractivity contribution in [2.24, 2.45) is 0 Å². The second-order valence-electron chi connectivity index (χ2n) is 5.51. The summed E-state index contributed by atoms with van der Waals surface area (Å²) in [6.45, 7) is 1.07. The van der Waals surface area contributed by atoms with E-state index in [0.29, 0.717) is 19.2 Å². The fourth-order valence-corrected chi connectivity index (χ4v) is 2.42. The van der Waals surface area contributed by atoms with Crippen LogP contribution >= 0.6 is 0 Å². The number of alkyl halides is 3. The lowest BCUT2D eigenvalue weighted by atomic mass is 10.1. The molecule has 3 rings (SSSR count). The lowest BCUT2D eigenvalue weighted by Crippen LogP contribution is -2.60. The number of halogens is 3. The topological polar surface area (TPSA) is 104 Å². The van der Waals surface area contributed by atoms with Gasteiger partial charge < -0.3 is 10.2 Å². The summed E-state index contributed by atoms with van der Waals surface area (Å²) in [5.74, 6) is 0.262. The van der Waals surface area contributed by atoms with Gasteiger partial charge in [0.15, 0.2) is 0 Å². The highest BCUT2D eigenvalue weighted by Crippen LogP contribution is 2.26. The first-order valence-electron chi connectivity index (χ1n) is 7.29. The minimum atomic E-state index is -4.80. The highest BCUT2D eigenvalue weighted by molar-refractivity contribution is 5.78. The van der Waals surface area contributed by atoms with Crippen LogP contribution in [-0.4, -0.2) is 45.2 Å². The highest BCUT2D eigenvalue weighted by atomic mass is 19.4. The Balaban J connectivity index is 1.55. The number of hydrogen-bond donors (Lipinski definition) is 2. The molecule has 11 heteroatoms. The second kappa shape index (κ2) is 6.49. The molecule has 1 amide bonds. The normalized spacial score (nSPS) is 14.9. The third-order valence-corrected chi connectivity index (χ3v) is 3.64. The van der Waals surface area contributed by atoms with E-state index < -0.39 is 23.2 Å². The van der Waals surface area contributed by atoms with Crippen LogP contribution in [0.3, 0.4) is 0 Å². The molecule has 0 spiro atoms. The van der Waals surface area contributed by atoms with Crippen LogP contribution in [0.2, 0.25) is 0 Å². The Morgan fingerprint density at radius 1 is 1.40 bits per heavy atom. The Kier molecular flexibility index (Phi) is 4.38. The molecule has 0 aromatic carbocycles. The van der Waals surface area contributed by atoms with Crippen molar-refractivity contribution in [1.29, 1.82) is 0 Å². The van der Waals surface area contributed by atoms with Crippen LogP contribution < -0.4 is 15.8 Å². The fourth-order valence-electron chi connectivity index (χ4n) is 2.42. The molecule has 1 aliphatic rings. The van der Waals surface area contributed by atoms with Gasteiger partial charge >= 0.3 is 6.18 Å². The van der Waals surface area contributed by atoms with Crippen molar-refractivity contribution in [3.63, 3.8) is 0 Å². The number of H-pyrrole nitrogens is 1. The van der Waals surface area contributed by atoms with Gasteiger partial charge in [0.25, 0.3) is 5.56 Å². The number of hydrogen-bond acceptors (Lipinski definition) is 6. The zero-order chi connectivity index (χ0) is 18.0. The van der Waals surface area contributed by atoms with Crippen LogP contribution in [-0.2, 0) is 17.4 Å². The van der Waals surface area contributed by atoms with E-state index in [4.69, 9.17) is 0 Å². The van der Waals surface area contributed by atoms with Crippen molar-refractivity contribution in [2.45, 2.75) is 18.6 Å².